The van der Waals surface area contributed by atoms with E-state index in [0.29, 0.717) is 0 Å². The van der Waals surface area contributed by atoms with E-state index in [9.17, 15) is 4.79 Å². The van der Waals surface area contributed by atoms with Gasteiger partial charge in [0.2, 0.25) is 5.91 Å². The van der Waals surface area contributed by atoms with Gasteiger partial charge < -0.3 is 5.73 Å². The van der Waals surface area contributed by atoms with Crippen molar-refractivity contribution in [3.8, 4) is 0 Å². The number of carbonyl (C=O) groups excluding carboxylic acids is 1. The Morgan fingerprint density at radius 2 is 2.20 bits per heavy atom. The van der Waals surface area contributed by atoms with E-state index in [0.717, 1.165) is 5.69 Å². The van der Waals surface area contributed by atoms with Gasteiger partial charge in [0.1, 0.15) is 0 Å². The molecular weight excluding hydrogens is 190 g/mol. The van der Waals surface area contributed by atoms with Crippen molar-refractivity contribution in [3.63, 3.8) is 0 Å². The first-order chi connectivity index (χ1) is 6.93. The van der Waals surface area contributed by atoms with Gasteiger partial charge in [0.25, 0.3) is 0 Å². The number of nitrogens with two attached hydrogens (primary N) is 1. The molecule has 1 atom stereocenters. The predicted molar refractivity (Wildman–Crippen MR) is 59.1 cm³/mol. The molecule has 1 aromatic rings. The van der Waals surface area contributed by atoms with E-state index in [1.54, 1.807) is 20.0 Å². The van der Waals surface area contributed by atoms with Crippen molar-refractivity contribution in [3.05, 3.63) is 30.1 Å². The molecule has 0 fully saturated rings. The van der Waals surface area contributed by atoms with Crippen LogP contribution in [0, 0.1) is 0 Å². The lowest BCUT2D eigenvalue weighted by atomic mass is 10.0. The van der Waals surface area contributed by atoms with Crippen molar-refractivity contribution >= 4 is 5.91 Å². The van der Waals surface area contributed by atoms with Crippen molar-refractivity contribution in [2.24, 2.45) is 5.73 Å². The van der Waals surface area contributed by atoms with E-state index in [-0.39, 0.29) is 11.9 Å². The Hall–Kier alpha value is -1.42. The van der Waals surface area contributed by atoms with E-state index in [2.05, 4.69) is 10.3 Å². The largest absolute Gasteiger partial charge is 0.368 e. The van der Waals surface area contributed by atoms with Crippen molar-refractivity contribution in [2.45, 2.75) is 32.4 Å². The van der Waals surface area contributed by atoms with E-state index in [1.807, 2.05) is 25.1 Å². The molecule has 0 aliphatic carbocycles. The van der Waals surface area contributed by atoms with Crippen LogP contribution in [0.3, 0.4) is 0 Å². The van der Waals surface area contributed by atoms with Crippen LogP contribution in [-0.4, -0.2) is 16.4 Å². The summed E-state index contributed by atoms with van der Waals surface area (Å²) in [5.74, 6) is -0.370. The Labute approximate surface area is 89.9 Å². The number of aromatic nitrogens is 1. The highest BCUT2D eigenvalue weighted by atomic mass is 16.1. The number of nitrogens with one attached hydrogen (secondary N) is 1. The molecule has 1 heterocycles. The van der Waals surface area contributed by atoms with Crippen LogP contribution in [0.4, 0.5) is 0 Å². The van der Waals surface area contributed by atoms with Crippen LogP contribution in [-0.2, 0) is 4.79 Å². The van der Waals surface area contributed by atoms with Crippen LogP contribution in [0.1, 0.15) is 32.5 Å². The molecule has 0 spiro atoms. The summed E-state index contributed by atoms with van der Waals surface area (Å²) in [4.78, 5) is 15.3. The Morgan fingerprint density at radius 1 is 1.53 bits per heavy atom. The number of pyridine rings is 1. The van der Waals surface area contributed by atoms with Gasteiger partial charge >= 0.3 is 0 Å². The van der Waals surface area contributed by atoms with Crippen LogP contribution in [0.15, 0.2) is 24.4 Å². The highest BCUT2D eigenvalue weighted by Crippen LogP contribution is 2.13. The molecule has 1 rings (SSSR count). The highest BCUT2D eigenvalue weighted by molar-refractivity contribution is 5.83. The van der Waals surface area contributed by atoms with E-state index in [1.165, 1.54) is 0 Å². The third kappa shape index (κ3) is 3.02. The first-order valence-electron chi connectivity index (χ1n) is 4.92. The van der Waals surface area contributed by atoms with Gasteiger partial charge in [0, 0.05) is 12.2 Å². The van der Waals surface area contributed by atoms with Crippen LogP contribution in [0.25, 0.3) is 0 Å². The monoisotopic (exact) mass is 207 g/mol. The number of primary amides is 1. The standard InChI is InChI=1S/C11H17N3O/c1-8(9-6-4-5-7-13-9)14-11(2,3)10(12)15/h4-8,14H,1-3H3,(H2,12,15). The summed E-state index contributed by atoms with van der Waals surface area (Å²) in [7, 11) is 0. The number of hydrogen-bond acceptors (Lipinski definition) is 3. The molecule has 4 heteroatoms. The predicted octanol–water partition coefficient (Wildman–Crippen LogP) is 0.996. The van der Waals surface area contributed by atoms with Gasteiger partial charge in [-0.2, -0.15) is 0 Å². The second-order valence-electron chi connectivity index (χ2n) is 4.11. The molecule has 0 saturated carbocycles. The zero-order valence-electron chi connectivity index (χ0n) is 9.32. The summed E-state index contributed by atoms with van der Waals surface area (Å²) in [6.07, 6.45) is 1.73. The summed E-state index contributed by atoms with van der Waals surface area (Å²) in [6.45, 7) is 5.47. The molecule has 0 saturated heterocycles. The quantitative estimate of drug-likeness (QED) is 0.773. The van der Waals surface area contributed by atoms with Crippen molar-refractivity contribution in [1.82, 2.24) is 10.3 Å². The molecule has 1 unspecified atom stereocenters. The maximum absolute atomic E-state index is 11.1. The summed E-state index contributed by atoms with van der Waals surface area (Å²) in [5.41, 5.74) is 5.44. The molecule has 0 radical (unpaired) electrons. The van der Waals surface area contributed by atoms with Gasteiger partial charge in [0.15, 0.2) is 0 Å². The van der Waals surface area contributed by atoms with Crippen LogP contribution in [0.2, 0.25) is 0 Å². The molecule has 0 aromatic carbocycles. The molecule has 82 valence electrons. The fourth-order valence-corrected chi connectivity index (χ4v) is 1.32. The molecule has 0 aliphatic heterocycles. The second-order valence-corrected chi connectivity index (χ2v) is 4.11. The lowest BCUT2D eigenvalue weighted by Gasteiger charge is -2.26. The summed E-state index contributed by atoms with van der Waals surface area (Å²) in [5, 5.41) is 3.13. The van der Waals surface area contributed by atoms with Gasteiger partial charge in [-0.1, -0.05) is 6.07 Å². The van der Waals surface area contributed by atoms with Crippen LogP contribution >= 0.6 is 0 Å². The SMILES string of the molecule is CC(NC(C)(C)C(N)=O)c1ccccn1. The molecule has 3 N–H and O–H groups in total. The molecular formula is C11H17N3O. The van der Waals surface area contributed by atoms with Crippen LogP contribution < -0.4 is 11.1 Å². The van der Waals surface area contributed by atoms with Crippen molar-refractivity contribution in [1.29, 1.82) is 0 Å². The normalized spacial score (nSPS) is 13.5. The molecule has 1 amide bonds. The number of amides is 1. The molecule has 15 heavy (non-hydrogen) atoms. The Kier molecular flexibility index (Phi) is 3.42. The third-order valence-corrected chi connectivity index (χ3v) is 2.32. The summed E-state index contributed by atoms with van der Waals surface area (Å²) >= 11 is 0. The highest BCUT2D eigenvalue weighted by Gasteiger charge is 2.26. The third-order valence-electron chi connectivity index (χ3n) is 2.32. The molecule has 0 bridgehead atoms. The minimum absolute atomic E-state index is 0.00583. The maximum Gasteiger partial charge on any atom is 0.237 e. The van der Waals surface area contributed by atoms with E-state index in [4.69, 9.17) is 5.73 Å². The topological polar surface area (TPSA) is 68.0 Å². The Morgan fingerprint density at radius 3 is 2.67 bits per heavy atom. The first kappa shape index (κ1) is 11.7. The van der Waals surface area contributed by atoms with Crippen molar-refractivity contribution in [2.75, 3.05) is 0 Å². The average molecular weight is 207 g/mol. The number of carbonyl (C=O) groups is 1. The van der Waals surface area contributed by atoms with Crippen LogP contribution in [0.5, 0.6) is 0 Å². The number of nitrogens with zero attached hydrogens (tertiary/aromatic N) is 1. The van der Waals surface area contributed by atoms with Gasteiger partial charge in [-0.05, 0) is 32.9 Å². The van der Waals surface area contributed by atoms with Gasteiger partial charge in [0.05, 0.1) is 11.2 Å². The van der Waals surface area contributed by atoms with E-state index < -0.39 is 5.54 Å². The zero-order valence-corrected chi connectivity index (χ0v) is 9.32. The molecule has 1 aromatic heterocycles. The first-order valence-corrected chi connectivity index (χ1v) is 4.92. The fourth-order valence-electron chi connectivity index (χ4n) is 1.32. The molecule has 0 aliphatic rings. The lowest BCUT2D eigenvalue weighted by molar-refractivity contribution is -0.123. The number of rotatable bonds is 4. The minimum Gasteiger partial charge on any atom is -0.368 e. The maximum atomic E-state index is 11.1. The molecule has 4 nitrogen and oxygen atoms in total. The zero-order chi connectivity index (χ0) is 11.5. The van der Waals surface area contributed by atoms with E-state index >= 15 is 0 Å². The smallest absolute Gasteiger partial charge is 0.237 e. The van der Waals surface area contributed by atoms with Gasteiger partial charge in [-0.15, -0.1) is 0 Å². The lowest BCUT2D eigenvalue weighted by Crippen LogP contribution is -2.51. The minimum atomic E-state index is -0.725. The Balaban J connectivity index is 2.72. The van der Waals surface area contributed by atoms with Gasteiger partial charge in [-0.25, -0.2) is 0 Å². The van der Waals surface area contributed by atoms with Crippen molar-refractivity contribution < 1.29 is 4.79 Å². The second kappa shape index (κ2) is 4.40. The fraction of sp³-hybridized carbons (Fsp3) is 0.455. The summed E-state index contributed by atoms with van der Waals surface area (Å²) in [6, 6.07) is 5.68. The Bertz CT molecular complexity index is 335. The average Bonchev–Trinajstić information content (AvgIpc) is 2.18. The number of hydrogen-bond donors (Lipinski definition) is 2. The van der Waals surface area contributed by atoms with Gasteiger partial charge in [-0.3, -0.25) is 15.1 Å². The summed E-state index contributed by atoms with van der Waals surface area (Å²) < 4.78 is 0.